The van der Waals surface area contributed by atoms with E-state index >= 15 is 0 Å². The number of aromatic nitrogens is 1. The Morgan fingerprint density at radius 1 is 1.09 bits per heavy atom. The van der Waals surface area contributed by atoms with Crippen LogP contribution in [0.4, 0.5) is 5.82 Å². The quantitative estimate of drug-likeness (QED) is 0.881. The van der Waals surface area contributed by atoms with Crippen molar-refractivity contribution in [1.82, 2.24) is 4.98 Å². The number of fused-ring (bicyclic) bond motifs is 2. The first kappa shape index (κ1) is 14.2. The summed E-state index contributed by atoms with van der Waals surface area (Å²) in [5, 5.41) is 0. The molecule has 2 aliphatic heterocycles. The monoisotopic (exact) mass is 312 g/mol. The first-order valence-electron chi connectivity index (χ1n) is 9.29. The Morgan fingerprint density at radius 3 is 2.22 bits per heavy atom. The highest BCUT2D eigenvalue weighted by atomic mass is 15.3. The van der Waals surface area contributed by atoms with E-state index in [1.807, 2.05) is 0 Å². The van der Waals surface area contributed by atoms with Gasteiger partial charge in [0.05, 0.1) is 0 Å². The van der Waals surface area contributed by atoms with E-state index in [-0.39, 0.29) is 5.54 Å². The number of aryl methyl sites for hydroxylation is 1. The molecule has 124 valence electrons. The summed E-state index contributed by atoms with van der Waals surface area (Å²) < 4.78 is 0. The molecule has 2 saturated carbocycles. The van der Waals surface area contributed by atoms with Crippen LogP contribution in [-0.2, 0) is 5.54 Å². The standard InChI is InChI=1S/C19H28N4/c1-12-16(19(21)10-18(11-19)8-13(20)9-18)6-7-17(22-12)23-14-2-3-15(23)5-4-14/h6-7,13-15H,2-5,8-11,20-21H2,1H3. The Hall–Kier alpha value is -1.13. The predicted octanol–water partition coefficient (Wildman–Crippen LogP) is 2.58. The maximum Gasteiger partial charge on any atom is 0.129 e. The smallest absolute Gasteiger partial charge is 0.129 e. The van der Waals surface area contributed by atoms with Gasteiger partial charge in [0.2, 0.25) is 0 Å². The maximum atomic E-state index is 6.73. The summed E-state index contributed by atoms with van der Waals surface area (Å²) >= 11 is 0. The van der Waals surface area contributed by atoms with E-state index < -0.39 is 0 Å². The molecule has 3 heterocycles. The minimum atomic E-state index is -0.167. The van der Waals surface area contributed by atoms with E-state index in [4.69, 9.17) is 16.5 Å². The van der Waals surface area contributed by atoms with Crippen LogP contribution in [-0.4, -0.2) is 23.1 Å². The average Bonchev–Trinajstić information content (AvgIpc) is 3.03. The topological polar surface area (TPSA) is 68.2 Å². The molecule has 5 rings (SSSR count). The fourth-order valence-corrected chi connectivity index (χ4v) is 6.32. The lowest BCUT2D eigenvalue weighted by Crippen LogP contribution is -2.63. The van der Waals surface area contributed by atoms with Crippen molar-refractivity contribution in [2.75, 3.05) is 4.90 Å². The minimum absolute atomic E-state index is 0.167. The van der Waals surface area contributed by atoms with E-state index in [1.165, 1.54) is 37.1 Å². The van der Waals surface area contributed by atoms with E-state index in [0.717, 1.165) is 43.5 Å². The van der Waals surface area contributed by atoms with Crippen LogP contribution in [0.2, 0.25) is 0 Å². The summed E-state index contributed by atoms with van der Waals surface area (Å²) in [7, 11) is 0. The normalized spacial score (nSPS) is 44.5. The number of hydrogen-bond donors (Lipinski definition) is 2. The maximum absolute atomic E-state index is 6.73. The van der Waals surface area contributed by atoms with E-state index in [1.54, 1.807) is 0 Å². The summed E-state index contributed by atoms with van der Waals surface area (Å²) in [5.41, 5.74) is 15.4. The highest BCUT2D eigenvalue weighted by Gasteiger charge is 2.58. The number of nitrogens with zero attached hydrogens (tertiary/aromatic N) is 2. The molecule has 2 saturated heterocycles. The molecule has 0 aromatic carbocycles. The molecule has 4 heteroatoms. The molecular formula is C19H28N4. The highest BCUT2D eigenvalue weighted by Crippen LogP contribution is 2.62. The molecule has 4 N–H and O–H groups in total. The molecule has 0 amide bonds. The van der Waals surface area contributed by atoms with Gasteiger partial charge in [-0.05, 0) is 75.3 Å². The van der Waals surface area contributed by atoms with Crippen LogP contribution in [0.15, 0.2) is 12.1 Å². The van der Waals surface area contributed by atoms with Gasteiger partial charge in [0.15, 0.2) is 0 Å². The van der Waals surface area contributed by atoms with Crippen LogP contribution in [0.25, 0.3) is 0 Å². The minimum Gasteiger partial charge on any atom is -0.351 e. The summed E-state index contributed by atoms with van der Waals surface area (Å²) in [6.45, 7) is 2.14. The SMILES string of the molecule is Cc1nc(N2C3CCC2CC3)ccc1C1(N)CC2(CC(N)C2)C1. The zero-order chi connectivity index (χ0) is 15.8. The molecule has 0 radical (unpaired) electrons. The summed E-state index contributed by atoms with van der Waals surface area (Å²) in [4.78, 5) is 7.55. The lowest BCUT2D eigenvalue weighted by Gasteiger charge is -2.62. The molecule has 4 fully saturated rings. The molecule has 23 heavy (non-hydrogen) atoms. The van der Waals surface area contributed by atoms with Crippen molar-refractivity contribution < 1.29 is 0 Å². The van der Waals surface area contributed by atoms with Gasteiger partial charge in [0, 0.05) is 29.4 Å². The van der Waals surface area contributed by atoms with Gasteiger partial charge in [0.1, 0.15) is 5.82 Å². The molecule has 4 nitrogen and oxygen atoms in total. The largest absolute Gasteiger partial charge is 0.351 e. The lowest BCUT2D eigenvalue weighted by molar-refractivity contribution is -0.0593. The van der Waals surface area contributed by atoms with Gasteiger partial charge in [-0.3, -0.25) is 0 Å². The van der Waals surface area contributed by atoms with Crippen molar-refractivity contribution in [1.29, 1.82) is 0 Å². The van der Waals surface area contributed by atoms with Crippen molar-refractivity contribution in [3.8, 4) is 0 Å². The number of rotatable bonds is 2. The first-order chi connectivity index (χ1) is 11.0. The van der Waals surface area contributed by atoms with Crippen LogP contribution >= 0.6 is 0 Å². The molecule has 0 unspecified atom stereocenters. The third-order valence-corrected chi connectivity index (χ3v) is 7.10. The molecule has 0 atom stereocenters. The van der Waals surface area contributed by atoms with Gasteiger partial charge in [0.25, 0.3) is 0 Å². The molecule has 1 aromatic rings. The van der Waals surface area contributed by atoms with E-state index in [2.05, 4.69) is 24.0 Å². The second kappa shape index (κ2) is 4.48. The fraction of sp³-hybridized carbons (Fsp3) is 0.737. The number of pyridine rings is 1. The Balaban J connectivity index is 1.38. The summed E-state index contributed by atoms with van der Waals surface area (Å²) in [6.07, 6.45) is 9.87. The van der Waals surface area contributed by atoms with Gasteiger partial charge >= 0.3 is 0 Å². The first-order valence-corrected chi connectivity index (χ1v) is 9.29. The molecule has 1 spiro atoms. The molecule has 1 aromatic heterocycles. The predicted molar refractivity (Wildman–Crippen MR) is 92.2 cm³/mol. The summed E-state index contributed by atoms with van der Waals surface area (Å²) in [6, 6.07) is 6.36. The van der Waals surface area contributed by atoms with Crippen LogP contribution in [0.5, 0.6) is 0 Å². The zero-order valence-electron chi connectivity index (χ0n) is 14.1. The Morgan fingerprint density at radius 2 is 1.70 bits per heavy atom. The molecule has 4 aliphatic rings. The third-order valence-electron chi connectivity index (χ3n) is 7.10. The van der Waals surface area contributed by atoms with E-state index in [0.29, 0.717) is 11.5 Å². The second-order valence-electron chi connectivity index (χ2n) is 8.85. The van der Waals surface area contributed by atoms with Gasteiger partial charge in [-0.15, -0.1) is 0 Å². The van der Waals surface area contributed by atoms with Crippen molar-refractivity contribution >= 4 is 5.82 Å². The second-order valence-corrected chi connectivity index (χ2v) is 8.85. The Bertz CT molecular complexity index is 621. The van der Waals surface area contributed by atoms with Crippen molar-refractivity contribution in [3.05, 3.63) is 23.4 Å². The zero-order valence-corrected chi connectivity index (χ0v) is 14.1. The summed E-state index contributed by atoms with van der Waals surface area (Å²) in [5.74, 6) is 1.18. The van der Waals surface area contributed by atoms with Gasteiger partial charge in [-0.1, -0.05) is 6.07 Å². The van der Waals surface area contributed by atoms with Gasteiger partial charge in [-0.2, -0.15) is 0 Å². The Kier molecular flexibility index (Phi) is 2.77. The van der Waals surface area contributed by atoms with E-state index in [9.17, 15) is 0 Å². The van der Waals surface area contributed by atoms with Gasteiger partial charge in [-0.25, -0.2) is 4.98 Å². The number of hydrogen-bond acceptors (Lipinski definition) is 4. The number of anilines is 1. The molecule has 2 bridgehead atoms. The van der Waals surface area contributed by atoms with Crippen LogP contribution < -0.4 is 16.4 Å². The molecule has 2 aliphatic carbocycles. The highest BCUT2D eigenvalue weighted by molar-refractivity contribution is 5.48. The lowest BCUT2D eigenvalue weighted by atomic mass is 9.46. The van der Waals surface area contributed by atoms with Gasteiger partial charge < -0.3 is 16.4 Å². The Labute approximate surface area is 138 Å². The van der Waals surface area contributed by atoms with Crippen molar-refractivity contribution in [2.45, 2.75) is 82.0 Å². The van der Waals surface area contributed by atoms with Crippen LogP contribution in [0.3, 0.4) is 0 Å². The molecular weight excluding hydrogens is 284 g/mol. The fourth-order valence-electron chi connectivity index (χ4n) is 6.32. The third kappa shape index (κ3) is 1.94. The van der Waals surface area contributed by atoms with Crippen molar-refractivity contribution in [3.63, 3.8) is 0 Å². The van der Waals surface area contributed by atoms with Crippen LogP contribution in [0, 0.1) is 12.3 Å². The van der Waals surface area contributed by atoms with Crippen LogP contribution in [0.1, 0.15) is 62.6 Å². The number of nitrogens with two attached hydrogens (primary N) is 2. The average molecular weight is 312 g/mol. The van der Waals surface area contributed by atoms with Crippen molar-refractivity contribution in [2.24, 2.45) is 16.9 Å².